The Morgan fingerprint density at radius 3 is 2.62 bits per heavy atom. The van der Waals surface area contributed by atoms with Crippen molar-refractivity contribution in [2.75, 3.05) is 0 Å². The van der Waals surface area contributed by atoms with Crippen LogP contribution in [0.1, 0.15) is 11.1 Å². The van der Waals surface area contributed by atoms with Crippen LogP contribution in [0.2, 0.25) is 0 Å². The average molecular weight is 171 g/mol. The van der Waals surface area contributed by atoms with Gasteiger partial charge in [0.1, 0.15) is 0 Å². The minimum atomic E-state index is 1.27. The molecule has 1 N–H and O–H groups in total. The summed E-state index contributed by atoms with van der Waals surface area (Å²) in [5, 5.41) is 0. The lowest BCUT2D eigenvalue weighted by atomic mass is 9.99. The zero-order valence-corrected chi connectivity index (χ0v) is 7.96. The van der Waals surface area contributed by atoms with Crippen molar-refractivity contribution in [3.8, 4) is 11.1 Å². The van der Waals surface area contributed by atoms with Crippen molar-refractivity contribution in [2.45, 2.75) is 13.8 Å². The van der Waals surface area contributed by atoms with Gasteiger partial charge < -0.3 is 4.98 Å². The lowest BCUT2D eigenvalue weighted by Crippen LogP contribution is -1.84. The van der Waals surface area contributed by atoms with E-state index in [1.807, 2.05) is 12.4 Å². The van der Waals surface area contributed by atoms with Crippen molar-refractivity contribution in [3.05, 3.63) is 47.8 Å². The molecule has 1 nitrogen and oxygen atoms in total. The van der Waals surface area contributed by atoms with E-state index in [-0.39, 0.29) is 0 Å². The van der Waals surface area contributed by atoms with Crippen LogP contribution in [0, 0.1) is 13.8 Å². The summed E-state index contributed by atoms with van der Waals surface area (Å²) in [6, 6.07) is 8.50. The molecule has 13 heavy (non-hydrogen) atoms. The molecule has 0 aliphatic rings. The molecular formula is C12H13N. The van der Waals surface area contributed by atoms with Crippen molar-refractivity contribution >= 4 is 0 Å². The Morgan fingerprint density at radius 1 is 1.08 bits per heavy atom. The second-order valence-corrected chi connectivity index (χ2v) is 3.35. The molecular weight excluding hydrogens is 158 g/mol. The maximum absolute atomic E-state index is 3.07. The molecule has 0 amide bonds. The highest BCUT2D eigenvalue weighted by atomic mass is 14.6. The quantitative estimate of drug-likeness (QED) is 0.677. The van der Waals surface area contributed by atoms with Crippen LogP contribution < -0.4 is 0 Å². The third kappa shape index (κ3) is 1.37. The van der Waals surface area contributed by atoms with E-state index < -0.39 is 0 Å². The molecule has 0 unspecified atom stereocenters. The number of rotatable bonds is 1. The Morgan fingerprint density at radius 2 is 1.92 bits per heavy atom. The number of benzene rings is 1. The van der Waals surface area contributed by atoms with Gasteiger partial charge in [0.25, 0.3) is 0 Å². The van der Waals surface area contributed by atoms with Gasteiger partial charge in [0.2, 0.25) is 0 Å². The first-order valence-corrected chi connectivity index (χ1v) is 4.48. The number of aromatic nitrogens is 1. The highest BCUT2D eigenvalue weighted by Gasteiger charge is 2.02. The molecule has 0 saturated heterocycles. The lowest BCUT2D eigenvalue weighted by molar-refractivity contribution is 1.34. The zero-order chi connectivity index (χ0) is 9.26. The monoisotopic (exact) mass is 171 g/mol. The van der Waals surface area contributed by atoms with Gasteiger partial charge in [-0.2, -0.15) is 0 Å². The second kappa shape index (κ2) is 3.09. The largest absolute Gasteiger partial charge is 0.367 e. The molecule has 1 aromatic carbocycles. The molecule has 0 aliphatic carbocycles. The fourth-order valence-corrected chi connectivity index (χ4v) is 1.56. The maximum Gasteiger partial charge on any atom is 0.00842 e. The fraction of sp³-hybridized carbons (Fsp3) is 0.167. The van der Waals surface area contributed by atoms with Gasteiger partial charge in [-0.3, -0.25) is 0 Å². The fourth-order valence-electron chi connectivity index (χ4n) is 1.56. The van der Waals surface area contributed by atoms with Crippen LogP contribution in [0.15, 0.2) is 36.7 Å². The Kier molecular flexibility index (Phi) is 1.93. The average Bonchev–Trinajstić information content (AvgIpc) is 2.62. The summed E-state index contributed by atoms with van der Waals surface area (Å²) in [6.07, 6.45) is 3.98. The predicted octanol–water partition coefficient (Wildman–Crippen LogP) is 3.30. The second-order valence-electron chi connectivity index (χ2n) is 3.35. The van der Waals surface area contributed by atoms with Gasteiger partial charge >= 0.3 is 0 Å². The van der Waals surface area contributed by atoms with E-state index in [9.17, 15) is 0 Å². The molecule has 2 rings (SSSR count). The minimum absolute atomic E-state index is 1.27. The molecule has 1 heterocycles. The lowest BCUT2D eigenvalue weighted by Gasteiger charge is -2.05. The first-order chi connectivity index (χ1) is 6.29. The molecule has 0 spiro atoms. The van der Waals surface area contributed by atoms with Gasteiger partial charge in [0.15, 0.2) is 0 Å². The van der Waals surface area contributed by atoms with E-state index in [0.717, 1.165) is 0 Å². The Labute approximate surface area is 78.4 Å². The molecule has 66 valence electrons. The van der Waals surface area contributed by atoms with Crippen LogP contribution in [-0.2, 0) is 0 Å². The van der Waals surface area contributed by atoms with Crippen LogP contribution in [0.5, 0.6) is 0 Å². The third-order valence-electron chi connectivity index (χ3n) is 2.51. The van der Waals surface area contributed by atoms with E-state index in [1.54, 1.807) is 0 Å². The number of hydrogen-bond acceptors (Lipinski definition) is 0. The molecule has 0 saturated carbocycles. The van der Waals surface area contributed by atoms with E-state index in [1.165, 1.54) is 22.3 Å². The van der Waals surface area contributed by atoms with Crippen LogP contribution in [-0.4, -0.2) is 4.98 Å². The van der Waals surface area contributed by atoms with Crippen molar-refractivity contribution in [1.29, 1.82) is 0 Å². The smallest absolute Gasteiger partial charge is 0.00842 e. The molecule has 0 bridgehead atoms. The van der Waals surface area contributed by atoms with Gasteiger partial charge in [-0.15, -0.1) is 0 Å². The van der Waals surface area contributed by atoms with Crippen LogP contribution >= 0.6 is 0 Å². The van der Waals surface area contributed by atoms with Crippen molar-refractivity contribution in [1.82, 2.24) is 4.98 Å². The number of aryl methyl sites for hydroxylation is 1. The van der Waals surface area contributed by atoms with E-state index in [0.29, 0.717) is 0 Å². The molecule has 0 fully saturated rings. The first kappa shape index (κ1) is 8.11. The molecule has 0 aliphatic heterocycles. The number of hydrogen-bond donors (Lipinski definition) is 1. The molecule has 2 aromatic rings. The molecule has 0 radical (unpaired) electrons. The summed E-state index contributed by atoms with van der Waals surface area (Å²) in [5.74, 6) is 0. The van der Waals surface area contributed by atoms with Crippen LogP contribution in [0.3, 0.4) is 0 Å². The first-order valence-electron chi connectivity index (χ1n) is 4.48. The summed E-state index contributed by atoms with van der Waals surface area (Å²) in [4.78, 5) is 3.07. The Bertz CT molecular complexity index is 399. The highest BCUT2D eigenvalue weighted by molar-refractivity contribution is 5.67. The molecule has 1 heteroatoms. The zero-order valence-electron chi connectivity index (χ0n) is 7.96. The third-order valence-corrected chi connectivity index (χ3v) is 2.51. The van der Waals surface area contributed by atoms with Gasteiger partial charge in [-0.05, 0) is 42.2 Å². The van der Waals surface area contributed by atoms with Crippen LogP contribution in [0.25, 0.3) is 11.1 Å². The highest BCUT2D eigenvalue weighted by Crippen LogP contribution is 2.24. The van der Waals surface area contributed by atoms with Gasteiger partial charge in [-0.25, -0.2) is 0 Å². The topological polar surface area (TPSA) is 15.8 Å². The number of aromatic amines is 1. The normalized spacial score (nSPS) is 10.3. The molecule has 1 aromatic heterocycles. The van der Waals surface area contributed by atoms with E-state index in [4.69, 9.17) is 0 Å². The van der Waals surface area contributed by atoms with Crippen molar-refractivity contribution in [2.24, 2.45) is 0 Å². The van der Waals surface area contributed by atoms with E-state index >= 15 is 0 Å². The van der Waals surface area contributed by atoms with Crippen molar-refractivity contribution in [3.63, 3.8) is 0 Å². The van der Waals surface area contributed by atoms with Gasteiger partial charge in [-0.1, -0.05) is 18.2 Å². The Balaban J connectivity index is 2.59. The van der Waals surface area contributed by atoms with Gasteiger partial charge in [0, 0.05) is 12.4 Å². The minimum Gasteiger partial charge on any atom is -0.367 e. The summed E-state index contributed by atoms with van der Waals surface area (Å²) < 4.78 is 0. The van der Waals surface area contributed by atoms with Gasteiger partial charge in [0.05, 0.1) is 0 Å². The summed E-state index contributed by atoms with van der Waals surface area (Å²) >= 11 is 0. The predicted molar refractivity (Wildman–Crippen MR) is 55.7 cm³/mol. The number of nitrogens with one attached hydrogen (secondary N) is 1. The standard InChI is InChI=1S/C12H13N/c1-9-4-3-5-12(10(9)2)11-6-7-13-8-11/h3-8,13H,1-2H3. The summed E-state index contributed by atoms with van der Waals surface area (Å²) in [6.45, 7) is 4.31. The van der Waals surface area contributed by atoms with E-state index in [2.05, 4.69) is 43.1 Å². The SMILES string of the molecule is Cc1cccc(-c2cc[nH]c2)c1C. The van der Waals surface area contributed by atoms with Crippen molar-refractivity contribution < 1.29 is 0 Å². The number of H-pyrrole nitrogens is 1. The maximum atomic E-state index is 3.07. The summed E-state index contributed by atoms with van der Waals surface area (Å²) in [5.41, 5.74) is 5.29. The van der Waals surface area contributed by atoms with Crippen LogP contribution in [0.4, 0.5) is 0 Å². The Hall–Kier alpha value is -1.50. The summed E-state index contributed by atoms with van der Waals surface area (Å²) in [7, 11) is 0. The molecule has 0 atom stereocenters.